The van der Waals surface area contributed by atoms with E-state index < -0.39 is 0 Å². The third kappa shape index (κ3) is 5.60. The summed E-state index contributed by atoms with van der Waals surface area (Å²) in [4.78, 5) is 11.2. The van der Waals surface area contributed by atoms with Crippen LogP contribution in [0.15, 0.2) is 37.1 Å². The number of carbonyl (C=O) groups excluding carboxylic acids is 1. The minimum Gasteiger partial charge on any atom is -0.463 e. The molecule has 104 valence electrons. The Labute approximate surface area is 115 Å². The van der Waals surface area contributed by atoms with Crippen molar-refractivity contribution in [1.29, 1.82) is 0 Å². The molecule has 19 heavy (non-hydrogen) atoms. The van der Waals surface area contributed by atoms with Gasteiger partial charge in [0.1, 0.15) is 5.75 Å². The van der Waals surface area contributed by atoms with Gasteiger partial charge in [0.25, 0.3) is 0 Å². The number of ether oxygens (including phenoxy) is 2. The van der Waals surface area contributed by atoms with Crippen LogP contribution in [0.2, 0.25) is 0 Å². The summed E-state index contributed by atoms with van der Waals surface area (Å²) >= 11 is 0. The van der Waals surface area contributed by atoms with Crippen molar-refractivity contribution >= 4 is 5.78 Å². The first kappa shape index (κ1) is 15.3. The van der Waals surface area contributed by atoms with Crippen molar-refractivity contribution in [3.63, 3.8) is 0 Å². The minimum absolute atomic E-state index is 0.0494. The van der Waals surface area contributed by atoms with Crippen LogP contribution in [0, 0.1) is 0 Å². The fraction of sp³-hybridized carbons (Fsp3) is 0.438. The van der Waals surface area contributed by atoms with Gasteiger partial charge in [0.15, 0.2) is 5.78 Å². The van der Waals surface area contributed by atoms with Crippen molar-refractivity contribution in [3.05, 3.63) is 42.7 Å². The summed E-state index contributed by atoms with van der Waals surface area (Å²) in [6.45, 7) is 7.26. The monoisotopic (exact) mass is 262 g/mol. The number of carbonyl (C=O) groups is 1. The maximum atomic E-state index is 11.2. The van der Waals surface area contributed by atoms with Crippen LogP contribution in [0.25, 0.3) is 0 Å². The van der Waals surface area contributed by atoms with E-state index in [-0.39, 0.29) is 12.1 Å². The number of ketones is 1. The highest BCUT2D eigenvalue weighted by Gasteiger charge is 2.10. The van der Waals surface area contributed by atoms with Gasteiger partial charge in [-0.3, -0.25) is 4.79 Å². The zero-order chi connectivity index (χ0) is 14.1. The van der Waals surface area contributed by atoms with Crippen molar-refractivity contribution in [2.75, 3.05) is 0 Å². The van der Waals surface area contributed by atoms with Gasteiger partial charge in [0.05, 0.1) is 6.26 Å². The van der Waals surface area contributed by atoms with Crippen molar-refractivity contribution in [1.82, 2.24) is 0 Å². The predicted octanol–water partition coefficient (Wildman–Crippen LogP) is 4.33. The number of Topliss-reactive ketones (excluding diaryl/α,β-unsaturated/α-hetero) is 1. The molecule has 0 heterocycles. The summed E-state index contributed by atoms with van der Waals surface area (Å²) in [6, 6.07) is 7.09. The fourth-order valence-electron chi connectivity index (χ4n) is 1.74. The van der Waals surface area contributed by atoms with Gasteiger partial charge in [-0.05, 0) is 37.6 Å². The van der Waals surface area contributed by atoms with E-state index in [0.29, 0.717) is 11.3 Å². The maximum absolute atomic E-state index is 11.2. The summed E-state index contributed by atoms with van der Waals surface area (Å²) < 4.78 is 11.1. The van der Waals surface area contributed by atoms with Crippen molar-refractivity contribution in [2.24, 2.45) is 0 Å². The van der Waals surface area contributed by atoms with Gasteiger partial charge in [0.2, 0.25) is 6.29 Å². The molecule has 0 aliphatic carbocycles. The average molecular weight is 262 g/mol. The van der Waals surface area contributed by atoms with E-state index in [1.165, 1.54) is 6.26 Å². The number of hydrogen-bond acceptors (Lipinski definition) is 3. The lowest BCUT2D eigenvalue weighted by molar-refractivity contribution is -0.0359. The number of unbranched alkanes of at least 4 members (excludes halogenated alkanes) is 2. The quantitative estimate of drug-likeness (QED) is 0.287. The molecular formula is C16H22O3. The van der Waals surface area contributed by atoms with Crippen LogP contribution in [0.5, 0.6) is 5.75 Å². The summed E-state index contributed by atoms with van der Waals surface area (Å²) in [7, 11) is 0. The number of hydrogen-bond donors (Lipinski definition) is 0. The molecule has 0 aromatic heterocycles. The highest BCUT2D eigenvalue weighted by atomic mass is 16.7. The van der Waals surface area contributed by atoms with Crippen LogP contribution in [0.3, 0.4) is 0 Å². The second-order valence-corrected chi connectivity index (χ2v) is 4.43. The van der Waals surface area contributed by atoms with Gasteiger partial charge in [-0.2, -0.15) is 0 Å². The Hall–Kier alpha value is -1.77. The lowest BCUT2D eigenvalue weighted by atomic mass is 10.1. The normalized spacial score (nSPS) is 11.7. The van der Waals surface area contributed by atoms with E-state index in [2.05, 4.69) is 13.5 Å². The summed E-state index contributed by atoms with van der Waals surface area (Å²) in [5.74, 6) is 0.752. The average Bonchev–Trinajstić information content (AvgIpc) is 2.40. The van der Waals surface area contributed by atoms with E-state index in [9.17, 15) is 4.79 Å². The molecule has 3 nitrogen and oxygen atoms in total. The van der Waals surface area contributed by atoms with E-state index >= 15 is 0 Å². The first-order valence-electron chi connectivity index (χ1n) is 6.71. The third-order valence-corrected chi connectivity index (χ3v) is 2.82. The zero-order valence-electron chi connectivity index (χ0n) is 11.7. The first-order valence-corrected chi connectivity index (χ1v) is 6.71. The number of rotatable bonds is 9. The molecule has 1 unspecified atom stereocenters. The molecule has 0 saturated heterocycles. The van der Waals surface area contributed by atoms with Crippen molar-refractivity contribution < 1.29 is 14.3 Å². The van der Waals surface area contributed by atoms with Crippen molar-refractivity contribution in [3.8, 4) is 5.75 Å². The minimum atomic E-state index is -0.313. The van der Waals surface area contributed by atoms with Crippen LogP contribution >= 0.6 is 0 Å². The van der Waals surface area contributed by atoms with E-state index in [0.717, 1.165) is 25.7 Å². The van der Waals surface area contributed by atoms with Crippen LogP contribution in [0.4, 0.5) is 0 Å². The molecule has 0 radical (unpaired) electrons. The van der Waals surface area contributed by atoms with Gasteiger partial charge >= 0.3 is 0 Å². The molecule has 0 aliphatic rings. The molecule has 1 aromatic rings. The number of benzene rings is 1. The smallest absolute Gasteiger partial charge is 0.240 e. The Morgan fingerprint density at radius 3 is 2.53 bits per heavy atom. The lowest BCUT2D eigenvalue weighted by Crippen LogP contribution is -2.18. The molecule has 0 fully saturated rings. The standard InChI is InChI=1S/C16H22O3/c1-4-6-7-8-16(18-5-2)19-15-11-9-14(10-12-15)13(3)17/h5,9-12,16H,2,4,6-8H2,1,3H3. The molecule has 0 spiro atoms. The Kier molecular flexibility index (Phi) is 6.72. The van der Waals surface area contributed by atoms with Gasteiger partial charge in [-0.25, -0.2) is 0 Å². The fourth-order valence-corrected chi connectivity index (χ4v) is 1.74. The van der Waals surface area contributed by atoms with Gasteiger partial charge in [-0.1, -0.05) is 26.3 Å². The first-order chi connectivity index (χ1) is 9.17. The molecular weight excluding hydrogens is 240 g/mol. The van der Waals surface area contributed by atoms with E-state index in [1.54, 1.807) is 31.2 Å². The summed E-state index contributed by atoms with van der Waals surface area (Å²) in [5, 5.41) is 0. The lowest BCUT2D eigenvalue weighted by Gasteiger charge is -2.18. The highest BCUT2D eigenvalue weighted by Crippen LogP contribution is 2.17. The molecule has 0 amide bonds. The van der Waals surface area contributed by atoms with Crippen LogP contribution in [-0.2, 0) is 4.74 Å². The van der Waals surface area contributed by atoms with Crippen LogP contribution in [0.1, 0.15) is 49.9 Å². The second kappa shape index (κ2) is 8.35. The Morgan fingerprint density at radius 1 is 1.32 bits per heavy atom. The summed E-state index contributed by atoms with van der Waals surface area (Å²) in [5.41, 5.74) is 0.680. The molecule has 1 rings (SSSR count). The van der Waals surface area contributed by atoms with Gasteiger partial charge in [-0.15, -0.1) is 0 Å². The zero-order valence-corrected chi connectivity index (χ0v) is 11.7. The Bertz CT molecular complexity index is 395. The molecule has 0 aliphatic heterocycles. The molecule has 0 N–H and O–H groups in total. The predicted molar refractivity (Wildman–Crippen MR) is 76.3 cm³/mol. The molecule has 1 aromatic carbocycles. The highest BCUT2D eigenvalue weighted by molar-refractivity contribution is 5.94. The van der Waals surface area contributed by atoms with Crippen molar-refractivity contribution in [2.45, 2.75) is 45.8 Å². The van der Waals surface area contributed by atoms with Crippen LogP contribution < -0.4 is 4.74 Å². The molecule has 1 atom stereocenters. The van der Waals surface area contributed by atoms with Gasteiger partial charge in [0, 0.05) is 12.0 Å². The molecule has 0 bridgehead atoms. The topological polar surface area (TPSA) is 35.5 Å². The van der Waals surface area contributed by atoms with E-state index in [1.807, 2.05) is 0 Å². The largest absolute Gasteiger partial charge is 0.463 e. The second-order valence-electron chi connectivity index (χ2n) is 4.43. The van der Waals surface area contributed by atoms with Gasteiger partial charge < -0.3 is 9.47 Å². The SMILES string of the molecule is C=COC(CCCCC)Oc1ccc(C(C)=O)cc1. The molecule has 0 saturated carbocycles. The molecule has 3 heteroatoms. The third-order valence-electron chi connectivity index (χ3n) is 2.82. The summed E-state index contributed by atoms with van der Waals surface area (Å²) in [6.07, 6.45) is 5.29. The van der Waals surface area contributed by atoms with Crippen LogP contribution in [-0.4, -0.2) is 12.1 Å². The van der Waals surface area contributed by atoms with E-state index in [4.69, 9.17) is 9.47 Å². The maximum Gasteiger partial charge on any atom is 0.240 e. The Morgan fingerprint density at radius 2 is 2.00 bits per heavy atom. The Balaban J connectivity index is 2.57.